The lowest BCUT2D eigenvalue weighted by Crippen LogP contribution is -2.51. The summed E-state index contributed by atoms with van der Waals surface area (Å²) in [6, 6.07) is 17.3. The number of carbonyl (C=O) groups excluding carboxylic acids is 2. The molecule has 0 heterocycles. The summed E-state index contributed by atoms with van der Waals surface area (Å²) in [5.41, 5.74) is 2.62. The van der Waals surface area contributed by atoms with Crippen molar-refractivity contribution in [2.75, 3.05) is 17.4 Å². The highest BCUT2D eigenvalue weighted by molar-refractivity contribution is 7.92. The first kappa shape index (κ1) is 31.5. The second-order valence-electron chi connectivity index (χ2n) is 9.69. The molecule has 0 aliphatic rings. The molecule has 0 saturated heterocycles. The normalized spacial score (nSPS) is 12.1. The Bertz CT molecular complexity index is 1450. The largest absolute Gasteiger partial charge is 0.354 e. The Balaban J connectivity index is 2.04. The average molecular weight is 605 g/mol. The summed E-state index contributed by atoms with van der Waals surface area (Å²) in [5.74, 6) is -0.889. The summed E-state index contributed by atoms with van der Waals surface area (Å²) in [4.78, 5) is 28.5. The minimum atomic E-state index is -4.13. The number of nitrogens with zero attached hydrogens (tertiary/aromatic N) is 2. The molecule has 2 amide bonds. The second kappa shape index (κ2) is 14.0. The van der Waals surface area contributed by atoms with Gasteiger partial charge in [0.2, 0.25) is 11.8 Å². The molecule has 1 N–H and O–H groups in total. The molecule has 1 atom stereocenters. The topological polar surface area (TPSA) is 86.8 Å². The van der Waals surface area contributed by atoms with Crippen molar-refractivity contribution in [1.82, 2.24) is 10.2 Å². The smallest absolute Gasteiger partial charge is 0.264 e. The van der Waals surface area contributed by atoms with Gasteiger partial charge in [-0.05, 0) is 68.7 Å². The summed E-state index contributed by atoms with van der Waals surface area (Å²) < 4.78 is 28.9. The molecule has 0 radical (unpaired) electrons. The Hall–Kier alpha value is -3.07. The quantitative estimate of drug-likeness (QED) is 0.252. The summed E-state index contributed by atoms with van der Waals surface area (Å²) in [6.45, 7) is 7.30. The van der Waals surface area contributed by atoms with E-state index in [4.69, 9.17) is 23.2 Å². The van der Waals surface area contributed by atoms with Crippen LogP contribution in [0.15, 0.2) is 71.6 Å². The minimum absolute atomic E-state index is 0.0106. The van der Waals surface area contributed by atoms with Gasteiger partial charge in [0.25, 0.3) is 10.0 Å². The van der Waals surface area contributed by atoms with E-state index >= 15 is 0 Å². The van der Waals surface area contributed by atoms with Crippen LogP contribution in [0.1, 0.15) is 43.4 Å². The van der Waals surface area contributed by atoms with Crippen LogP contribution < -0.4 is 9.62 Å². The maximum atomic E-state index is 14.0. The Morgan fingerprint density at radius 1 is 0.975 bits per heavy atom. The van der Waals surface area contributed by atoms with Crippen LogP contribution in [-0.2, 0) is 26.2 Å². The van der Waals surface area contributed by atoms with Gasteiger partial charge in [-0.1, -0.05) is 78.5 Å². The van der Waals surface area contributed by atoms with E-state index in [-0.39, 0.29) is 17.3 Å². The number of nitrogens with one attached hydrogen (secondary N) is 1. The molecule has 0 unspecified atom stereocenters. The molecule has 3 aromatic carbocycles. The lowest BCUT2D eigenvalue weighted by Gasteiger charge is -2.32. The van der Waals surface area contributed by atoms with Crippen LogP contribution in [0, 0.1) is 13.8 Å². The van der Waals surface area contributed by atoms with Crippen LogP contribution in [0.4, 0.5) is 5.69 Å². The van der Waals surface area contributed by atoms with Gasteiger partial charge >= 0.3 is 0 Å². The fourth-order valence-corrected chi connectivity index (χ4v) is 6.24. The number of amides is 2. The number of carbonyl (C=O) groups is 2. The second-order valence-corrected chi connectivity index (χ2v) is 12.4. The Labute approximate surface area is 247 Å². The average Bonchev–Trinajstić information content (AvgIpc) is 2.91. The molecule has 0 aromatic heterocycles. The highest BCUT2D eigenvalue weighted by atomic mass is 35.5. The van der Waals surface area contributed by atoms with Crippen LogP contribution >= 0.6 is 23.2 Å². The van der Waals surface area contributed by atoms with Crippen molar-refractivity contribution >= 4 is 50.7 Å². The minimum Gasteiger partial charge on any atom is -0.354 e. The summed E-state index contributed by atoms with van der Waals surface area (Å²) in [6.07, 6.45) is 1.70. The number of benzene rings is 3. The first-order valence-electron chi connectivity index (χ1n) is 13.1. The van der Waals surface area contributed by atoms with Crippen LogP contribution in [0.3, 0.4) is 0 Å². The van der Waals surface area contributed by atoms with E-state index in [0.717, 1.165) is 22.7 Å². The third-order valence-electron chi connectivity index (χ3n) is 6.58. The zero-order valence-electron chi connectivity index (χ0n) is 23.2. The number of unbranched alkanes of at least 4 members (excludes halogenated alkanes) is 1. The van der Waals surface area contributed by atoms with Crippen LogP contribution in [0.25, 0.3) is 0 Å². The van der Waals surface area contributed by atoms with Gasteiger partial charge in [0, 0.05) is 23.1 Å². The van der Waals surface area contributed by atoms with Crippen LogP contribution in [0.5, 0.6) is 0 Å². The number of anilines is 1. The molecule has 7 nitrogen and oxygen atoms in total. The Morgan fingerprint density at radius 2 is 1.68 bits per heavy atom. The highest BCUT2D eigenvalue weighted by Gasteiger charge is 2.33. The highest BCUT2D eigenvalue weighted by Crippen LogP contribution is 2.29. The van der Waals surface area contributed by atoms with Crippen molar-refractivity contribution in [3.63, 3.8) is 0 Å². The van der Waals surface area contributed by atoms with Gasteiger partial charge in [0.1, 0.15) is 12.6 Å². The van der Waals surface area contributed by atoms with Gasteiger partial charge in [-0.3, -0.25) is 13.9 Å². The van der Waals surface area contributed by atoms with Crippen LogP contribution in [-0.4, -0.2) is 44.3 Å². The van der Waals surface area contributed by atoms with Crippen LogP contribution in [0.2, 0.25) is 10.0 Å². The Morgan fingerprint density at radius 3 is 2.30 bits per heavy atom. The number of halogens is 2. The molecular formula is C30H35Cl2N3O4S. The third-order valence-corrected chi connectivity index (χ3v) is 8.94. The first-order chi connectivity index (χ1) is 18.9. The predicted octanol–water partition coefficient (Wildman–Crippen LogP) is 6.14. The molecule has 40 heavy (non-hydrogen) atoms. The fraction of sp³-hybridized carbons (Fsp3) is 0.333. The first-order valence-corrected chi connectivity index (χ1v) is 15.3. The van der Waals surface area contributed by atoms with Gasteiger partial charge in [0.05, 0.1) is 10.6 Å². The lowest BCUT2D eigenvalue weighted by atomic mass is 10.1. The summed E-state index contributed by atoms with van der Waals surface area (Å²) in [7, 11) is -4.13. The van der Waals surface area contributed by atoms with Crippen molar-refractivity contribution in [2.45, 2.75) is 58.0 Å². The molecule has 3 aromatic rings. The third kappa shape index (κ3) is 7.77. The van der Waals surface area contributed by atoms with Crippen molar-refractivity contribution in [2.24, 2.45) is 0 Å². The number of hydrogen-bond acceptors (Lipinski definition) is 4. The van der Waals surface area contributed by atoms with Crippen molar-refractivity contribution in [3.8, 4) is 0 Å². The number of aryl methyl sites for hydroxylation is 2. The van der Waals surface area contributed by atoms with Gasteiger partial charge in [-0.15, -0.1) is 0 Å². The number of hydrogen-bond donors (Lipinski definition) is 1. The lowest BCUT2D eigenvalue weighted by molar-refractivity contribution is -0.139. The maximum Gasteiger partial charge on any atom is 0.264 e. The molecule has 10 heteroatoms. The summed E-state index contributed by atoms with van der Waals surface area (Å²) in [5, 5.41) is 3.64. The molecule has 0 saturated carbocycles. The molecular weight excluding hydrogens is 569 g/mol. The van der Waals surface area contributed by atoms with E-state index in [9.17, 15) is 18.0 Å². The van der Waals surface area contributed by atoms with Gasteiger partial charge < -0.3 is 10.2 Å². The summed E-state index contributed by atoms with van der Waals surface area (Å²) >= 11 is 12.5. The fourth-order valence-electron chi connectivity index (χ4n) is 4.27. The van der Waals surface area contributed by atoms with Gasteiger partial charge in [0.15, 0.2) is 0 Å². The van der Waals surface area contributed by atoms with E-state index in [1.54, 1.807) is 62.4 Å². The molecule has 0 fully saturated rings. The van der Waals surface area contributed by atoms with E-state index in [1.807, 2.05) is 19.9 Å². The molecule has 0 aliphatic carbocycles. The van der Waals surface area contributed by atoms with Crippen molar-refractivity contribution in [3.05, 3.63) is 93.5 Å². The van der Waals surface area contributed by atoms with Gasteiger partial charge in [-0.2, -0.15) is 0 Å². The Kier molecular flexibility index (Phi) is 11.0. The number of rotatable bonds is 12. The zero-order chi connectivity index (χ0) is 29.4. The monoisotopic (exact) mass is 603 g/mol. The van der Waals surface area contributed by atoms with Crippen molar-refractivity contribution in [1.29, 1.82) is 0 Å². The molecule has 3 rings (SSSR count). The van der Waals surface area contributed by atoms with E-state index in [2.05, 4.69) is 5.32 Å². The van der Waals surface area contributed by atoms with E-state index in [1.165, 1.54) is 17.0 Å². The predicted molar refractivity (Wildman–Crippen MR) is 161 cm³/mol. The van der Waals surface area contributed by atoms with E-state index in [0.29, 0.717) is 33.4 Å². The molecule has 0 aliphatic heterocycles. The number of sulfonamides is 1. The molecule has 0 spiro atoms. The standard InChI is InChI=1S/C30H35Cl2N3O4S/c1-5-6-16-33-30(37)23(4)34(19-24-13-14-25(31)18-27(24)32)29(36)20-35(28-15-12-21(2)17-22(28)3)40(38,39)26-10-8-7-9-11-26/h7-15,17-18,23H,5-6,16,19-20H2,1-4H3,(H,33,37)/t23-/m1/s1. The SMILES string of the molecule is CCCCNC(=O)[C@@H](C)N(Cc1ccc(Cl)cc1Cl)C(=O)CN(c1ccc(C)cc1C)S(=O)(=O)c1ccccc1. The van der Waals surface area contributed by atoms with Gasteiger partial charge in [-0.25, -0.2) is 8.42 Å². The van der Waals surface area contributed by atoms with E-state index < -0.39 is 28.5 Å². The van der Waals surface area contributed by atoms with Crippen molar-refractivity contribution < 1.29 is 18.0 Å². The molecule has 214 valence electrons. The molecule has 0 bridgehead atoms. The maximum absolute atomic E-state index is 14.0. The zero-order valence-corrected chi connectivity index (χ0v) is 25.5.